The highest BCUT2D eigenvalue weighted by atomic mass is 32.1. The maximum Gasteiger partial charge on any atom is 0.407 e. The molecule has 0 saturated heterocycles. The van der Waals surface area contributed by atoms with Gasteiger partial charge in [-0.2, -0.15) is 9.89 Å². The molecule has 1 heterocycles. The molecule has 5 heteroatoms. The first-order valence-corrected chi connectivity index (χ1v) is 2.42. The van der Waals surface area contributed by atoms with Crippen molar-refractivity contribution >= 4 is 11.5 Å². The molecule has 0 radical (unpaired) electrons. The normalized spacial score (nSPS) is 8.00. The van der Waals surface area contributed by atoms with Gasteiger partial charge in [-0.15, -0.1) is 0 Å². The zero-order valence-electron chi connectivity index (χ0n) is 3.33. The maximum atomic E-state index is 8.00. The van der Waals surface area contributed by atoms with Gasteiger partial charge in [-0.05, 0) is 0 Å². The SMILES string of the molecule is [N-]=[N+]=c1cn[nH]s1. The molecule has 0 fully saturated rings. The predicted octanol–water partition coefficient (Wildman–Crippen LogP) is -0.398. The molecule has 0 amide bonds. The second-order valence-corrected chi connectivity index (χ2v) is 1.69. The van der Waals surface area contributed by atoms with Gasteiger partial charge in [-0.3, -0.25) is 0 Å². The molecule has 0 bridgehead atoms. The molecule has 0 saturated carbocycles. The number of hydrogen-bond acceptors (Lipinski definition) is 2. The standard InChI is InChI=1S/C2H2N4S/c3-5-2-1-4-6-7-2/h1,6H. The summed E-state index contributed by atoms with van der Waals surface area (Å²) >= 11 is 1.17. The number of H-pyrrole nitrogens is 1. The lowest BCUT2D eigenvalue weighted by Crippen LogP contribution is -1.88. The molecule has 0 atom stereocenters. The molecule has 0 aliphatic rings. The Hall–Kier alpha value is -0.930. The van der Waals surface area contributed by atoms with Gasteiger partial charge in [0.25, 0.3) is 0 Å². The van der Waals surface area contributed by atoms with Crippen molar-refractivity contribution in [2.24, 2.45) is 0 Å². The molecule has 0 aliphatic carbocycles. The Morgan fingerprint density at radius 3 is 3.14 bits per heavy atom. The molecule has 0 spiro atoms. The molecule has 0 aromatic carbocycles. The fraction of sp³-hybridized carbons (Fsp3) is 0. The number of aromatic nitrogens is 2. The summed E-state index contributed by atoms with van der Waals surface area (Å²) in [6.45, 7) is 0. The largest absolute Gasteiger partial charge is 0.407 e. The summed E-state index contributed by atoms with van der Waals surface area (Å²) in [7, 11) is 0. The molecule has 1 rings (SSSR count). The third kappa shape index (κ3) is 0.734. The van der Waals surface area contributed by atoms with Crippen molar-refractivity contribution in [1.29, 1.82) is 0 Å². The zero-order chi connectivity index (χ0) is 5.11. The van der Waals surface area contributed by atoms with Crippen LogP contribution in [0, 0.1) is 0 Å². The van der Waals surface area contributed by atoms with Crippen LogP contribution in [-0.4, -0.2) is 14.4 Å². The molecule has 1 N–H and O–H groups in total. The van der Waals surface area contributed by atoms with Gasteiger partial charge in [0.05, 0.1) is 0 Å². The highest BCUT2D eigenvalue weighted by Crippen LogP contribution is 1.65. The Morgan fingerprint density at radius 1 is 2.00 bits per heavy atom. The zero-order valence-corrected chi connectivity index (χ0v) is 4.14. The van der Waals surface area contributed by atoms with E-state index in [1.807, 2.05) is 0 Å². The van der Waals surface area contributed by atoms with Gasteiger partial charge in [0, 0.05) is 11.5 Å². The third-order valence-electron chi connectivity index (χ3n) is 0.476. The minimum atomic E-state index is 0.486. The van der Waals surface area contributed by atoms with Gasteiger partial charge < -0.3 is 5.53 Å². The van der Waals surface area contributed by atoms with Gasteiger partial charge in [0.1, 0.15) is 0 Å². The molecular weight excluding hydrogens is 112 g/mol. The van der Waals surface area contributed by atoms with Crippen molar-refractivity contribution in [3.05, 3.63) is 16.4 Å². The average Bonchev–Trinajstić information content (AvgIpc) is 2.14. The highest BCUT2D eigenvalue weighted by molar-refractivity contribution is 7.02. The Morgan fingerprint density at radius 2 is 2.86 bits per heavy atom. The summed E-state index contributed by atoms with van der Waals surface area (Å²) in [5.74, 6) is 0. The molecule has 7 heavy (non-hydrogen) atoms. The lowest BCUT2D eigenvalue weighted by Gasteiger charge is -1.45. The van der Waals surface area contributed by atoms with E-state index in [1.165, 1.54) is 17.7 Å². The smallest absolute Gasteiger partial charge is 0.360 e. The van der Waals surface area contributed by atoms with Crippen LogP contribution in [0.25, 0.3) is 5.53 Å². The summed E-state index contributed by atoms with van der Waals surface area (Å²) < 4.78 is 3.00. The first-order chi connectivity index (χ1) is 3.43. The van der Waals surface area contributed by atoms with Crippen molar-refractivity contribution in [3.63, 3.8) is 0 Å². The molecule has 0 aliphatic heterocycles. The summed E-state index contributed by atoms with van der Waals surface area (Å²) in [6.07, 6.45) is 1.44. The molecule has 0 unspecified atom stereocenters. The van der Waals surface area contributed by atoms with Gasteiger partial charge in [-0.25, -0.2) is 4.49 Å². The van der Waals surface area contributed by atoms with Crippen molar-refractivity contribution in [3.8, 4) is 0 Å². The summed E-state index contributed by atoms with van der Waals surface area (Å²) in [6, 6.07) is 0. The van der Waals surface area contributed by atoms with Crippen LogP contribution in [0.3, 0.4) is 0 Å². The fourth-order valence-electron chi connectivity index (χ4n) is 0.227. The van der Waals surface area contributed by atoms with Crippen LogP contribution in [0.2, 0.25) is 0 Å². The summed E-state index contributed by atoms with van der Waals surface area (Å²) in [4.78, 5) is 2.86. The second-order valence-electron chi connectivity index (χ2n) is 0.890. The fourth-order valence-corrected chi connectivity index (χ4v) is 0.572. The van der Waals surface area contributed by atoms with E-state index < -0.39 is 0 Å². The number of nitrogens with one attached hydrogen (secondary N) is 1. The number of nitrogens with zero attached hydrogens (tertiary/aromatic N) is 3. The van der Waals surface area contributed by atoms with E-state index >= 15 is 0 Å². The van der Waals surface area contributed by atoms with Crippen molar-refractivity contribution in [2.45, 2.75) is 0 Å². The lowest BCUT2D eigenvalue weighted by atomic mass is 11.0. The van der Waals surface area contributed by atoms with Crippen molar-refractivity contribution in [2.75, 3.05) is 0 Å². The van der Waals surface area contributed by atoms with Crippen molar-refractivity contribution in [1.82, 2.24) is 9.59 Å². The number of hydrogen-bond donors (Lipinski definition) is 1. The number of aromatic amines is 1. The topological polar surface area (TPSA) is 65.1 Å². The van der Waals surface area contributed by atoms with E-state index in [1.54, 1.807) is 0 Å². The van der Waals surface area contributed by atoms with Crippen molar-refractivity contribution < 1.29 is 4.79 Å². The maximum absolute atomic E-state index is 8.00. The number of rotatable bonds is 0. The molecule has 4 nitrogen and oxygen atoms in total. The van der Waals surface area contributed by atoms with E-state index in [0.29, 0.717) is 4.67 Å². The Labute approximate surface area is 43.2 Å². The minimum Gasteiger partial charge on any atom is -0.360 e. The Balaban J connectivity index is 3.50. The van der Waals surface area contributed by atoms with Gasteiger partial charge >= 0.3 is 4.67 Å². The Kier molecular flexibility index (Phi) is 1.02. The van der Waals surface area contributed by atoms with Gasteiger partial charge in [0.15, 0.2) is 6.20 Å². The molecule has 1 aromatic rings. The van der Waals surface area contributed by atoms with E-state index in [9.17, 15) is 0 Å². The van der Waals surface area contributed by atoms with Crippen LogP contribution in [0.1, 0.15) is 0 Å². The van der Waals surface area contributed by atoms with E-state index in [4.69, 9.17) is 5.53 Å². The van der Waals surface area contributed by atoms with Crippen LogP contribution in [-0.2, 0) is 0 Å². The van der Waals surface area contributed by atoms with E-state index in [0.717, 1.165) is 0 Å². The van der Waals surface area contributed by atoms with Gasteiger partial charge in [-0.1, -0.05) is 0 Å². The monoisotopic (exact) mass is 114 g/mol. The molecule has 1 aromatic heterocycles. The van der Waals surface area contributed by atoms with E-state index in [2.05, 4.69) is 14.4 Å². The van der Waals surface area contributed by atoms with Crippen LogP contribution in [0.4, 0.5) is 0 Å². The minimum absolute atomic E-state index is 0.486. The lowest BCUT2D eigenvalue weighted by molar-refractivity contribution is -0.0592. The predicted molar refractivity (Wildman–Crippen MR) is 23.2 cm³/mol. The Bertz CT molecular complexity index is 199. The van der Waals surface area contributed by atoms with E-state index in [-0.39, 0.29) is 0 Å². The van der Waals surface area contributed by atoms with Crippen LogP contribution in [0.5, 0.6) is 0 Å². The molecular formula is C2H2N4S. The summed E-state index contributed by atoms with van der Waals surface area (Å²) in [5.41, 5.74) is 8.00. The third-order valence-corrected chi connectivity index (χ3v) is 1.07. The van der Waals surface area contributed by atoms with Crippen LogP contribution in [0.15, 0.2) is 6.20 Å². The van der Waals surface area contributed by atoms with Crippen LogP contribution < -0.4 is 4.67 Å². The summed E-state index contributed by atoms with van der Waals surface area (Å²) in [5, 5.41) is 3.53. The molecule has 36 valence electrons. The second kappa shape index (κ2) is 1.68. The first kappa shape index (κ1) is 4.23. The van der Waals surface area contributed by atoms with Crippen LogP contribution >= 0.6 is 11.5 Å². The van der Waals surface area contributed by atoms with Gasteiger partial charge in [0.2, 0.25) is 0 Å². The average molecular weight is 114 g/mol. The first-order valence-electron chi connectivity index (χ1n) is 1.60. The quantitative estimate of drug-likeness (QED) is 0.362. The highest BCUT2D eigenvalue weighted by Gasteiger charge is 1.83.